The average Bonchev–Trinajstić information content (AvgIpc) is 0.756. The predicted octanol–water partition coefficient (Wildman–Crippen LogP) is 15.1. The molecule has 0 saturated heterocycles. The smallest absolute Gasteiger partial charge is 0.201 e. The van der Waals surface area contributed by atoms with Gasteiger partial charge in [0.15, 0.2) is 24.8 Å². The molecule has 0 saturated carbocycles. The molecule has 4 nitrogen and oxygen atoms in total. The van der Waals surface area contributed by atoms with Gasteiger partial charge < -0.3 is 0 Å². The first-order valence-electron chi connectivity index (χ1n) is 35.0. The van der Waals surface area contributed by atoms with E-state index < -0.39 is 62.2 Å². The number of pyridine rings is 4. The minimum absolute atomic E-state index is 0.303. The highest BCUT2D eigenvalue weighted by atomic mass is 28.3. The summed E-state index contributed by atoms with van der Waals surface area (Å²) in [6.45, 7) is 22.8. The van der Waals surface area contributed by atoms with Crippen molar-refractivity contribution < 1.29 is 41.6 Å². The molecule has 0 spiro atoms. The molecule has 4 aromatic carbocycles. The topological polar surface area (TPSA) is 15.5 Å². The van der Waals surface area contributed by atoms with Crippen molar-refractivity contribution in [1.29, 1.82) is 0 Å². The Kier molecular flexibility index (Phi) is 13.4. The fraction of sp³-hybridized carbons (Fsp3) is 0.380. The number of rotatable bonds is 7. The summed E-state index contributed by atoms with van der Waals surface area (Å²) in [6, 6.07) is 31.2. The minimum atomic E-state index is -2.15. The monoisotopic (exact) mass is 1080 g/mol. The van der Waals surface area contributed by atoms with Crippen molar-refractivity contribution in [2.75, 3.05) is 0 Å². The molecule has 8 aromatic rings. The second-order valence-corrected chi connectivity index (χ2v) is 34.1. The van der Waals surface area contributed by atoms with Crippen LogP contribution in [0.15, 0.2) is 128 Å². The first-order valence-corrected chi connectivity index (χ1v) is 33.5. The molecule has 8 rings (SSSR count). The second kappa shape index (κ2) is 25.1. The SMILES string of the molecule is [2H]C([2H])([2H])c1ccc(-c2cc(C([2H])([2H])C(C)(C)C)c([Si](C)(C)C)c[n+]2C)c(C)c1.[2H]C([2H])([2H])c1ccc(-c2cc(C)c(C([2H])([2H])[2H])c[n+]2C)c(C)c1.[2H]C([2H])([2H])c1ccc(-c2cc(C)c([Si](C)(C)C)c[n+]2C)c(C)c1.[2H]C([2H])([2H])c1ccc(-c2cc(C)cc[n+]2C)c(C)c1. The lowest BCUT2D eigenvalue weighted by Gasteiger charge is -2.25. The number of hydrogen-bond acceptors (Lipinski definition) is 0. The van der Waals surface area contributed by atoms with E-state index in [2.05, 4.69) is 95.3 Å². The zero-order valence-corrected chi connectivity index (χ0v) is 51.9. The van der Waals surface area contributed by atoms with E-state index in [4.69, 9.17) is 23.3 Å². The number of benzene rings is 4. The van der Waals surface area contributed by atoms with Gasteiger partial charge in [0.2, 0.25) is 22.8 Å². The molecule has 0 fully saturated rings. The Hall–Kier alpha value is -6.09. The number of aromatic nitrogens is 4. The highest BCUT2D eigenvalue weighted by Crippen LogP contribution is 2.28. The third-order valence-electron chi connectivity index (χ3n) is 13.7. The van der Waals surface area contributed by atoms with Crippen LogP contribution in [0.4, 0.5) is 0 Å². The van der Waals surface area contributed by atoms with Crippen LogP contribution in [-0.2, 0) is 34.6 Å². The van der Waals surface area contributed by atoms with Gasteiger partial charge in [-0.3, -0.25) is 0 Å². The van der Waals surface area contributed by atoms with Gasteiger partial charge in [0.1, 0.15) is 28.2 Å². The molecule has 0 radical (unpaired) electrons. The summed E-state index contributed by atoms with van der Waals surface area (Å²) in [7, 11) is 4.65. The Balaban J connectivity index is 0.000000229. The van der Waals surface area contributed by atoms with Crippen LogP contribution >= 0.6 is 0 Å². The Labute approximate surface area is 494 Å². The highest BCUT2D eigenvalue weighted by Gasteiger charge is 2.29. The van der Waals surface area contributed by atoms with Gasteiger partial charge in [-0.15, -0.1) is 0 Å². The maximum absolute atomic E-state index is 8.94. The number of aryl methyl sites for hydroxylation is 16. The summed E-state index contributed by atoms with van der Waals surface area (Å²) >= 11 is 0. The van der Waals surface area contributed by atoms with Gasteiger partial charge in [-0.1, -0.05) is 131 Å². The van der Waals surface area contributed by atoms with Gasteiger partial charge in [0, 0.05) is 91.8 Å². The summed E-state index contributed by atoms with van der Waals surface area (Å²) < 4.78 is 139. The van der Waals surface area contributed by atoms with Crippen LogP contribution in [0.5, 0.6) is 0 Å². The minimum Gasteiger partial charge on any atom is -0.201 e. The zero-order chi connectivity index (χ0) is 71.9. The lowest BCUT2D eigenvalue weighted by atomic mass is 9.87. The summed E-state index contributed by atoms with van der Waals surface area (Å²) in [6.07, 6.45) is 6.46. The van der Waals surface area contributed by atoms with Crippen LogP contribution in [0.3, 0.4) is 0 Å². The molecule has 406 valence electrons. The lowest BCUT2D eigenvalue weighted by Crippen LogP contribution is -2.47. The molecule has 0 aliphatic carbocycles. The Morgan fingerprint density at radius 1 is 0.377 bits per heavy atom. The highest BCUT2D eigenvalue weighted by molar-refractivity contribution is 6.89. The first kappa shape index (κ1) is 41.0. The molecule has 4 heterocycles. The zero-order valence-electron chi connectivity index (χ0n) is 66.9. The lowest BCUT2D eigenvalue weighted by molar-refractivity contribution is -0.660. The maximum atomic E-state index is 8.94. The van der Waals surface area contributed by atoms with Gasteiger partial charge in [0.05, 0.1) is 16.1 Å². The van der Waals surface area contributed by atoms with E-state index in [0.29, 0.717) is 33.4 Å². The summed E-state index contributed by atoms with van der Waals surface area (Å²) in [4.78, 5) is 0. The van der Waals surface area contributed by atoms with Gasteiger partial charge in [0.25, 0.3) is 0 Å². The van der Waals surface area contributed by atoms with Crippen LogP contribution in [-0.4, -0.2) is 16.1 Å². The molecule has 0 bridgehead atoms. The van der Waals surface area contributed by atoms with Gasteiger partial charge in [-0.25, -0.2) is 18.3 Å². The fourth-order valence-corrected chi connectivity index (χ4v) is 12.9. The molecule has 0 N–H and O–H groups in total. The van der Waals surface area contributed by atoms with Gasteiger partial charge >= 0.3 is 0 Å². The van der Waals surface area contributed by atoms with E-state index in [0.717, 1.165) is 78.0 Å². The van der Waals surface area contributed by atoms with Crippen LogP contribution < -0.4 is 28.6 Å². The molecule has 0 amide bonds. The summed E-state index contributed by atoms with van der Waals surface area (Å²) in [5, 5.41) is 2.57. The van der Waals surface area contributed by atoms with E-state index in [1.54, 1.807) is 79.3 Å². The van der Waals surface area contributed by atoms with E-state index in [1.165, 1.54) is 16.3 Å². The van der Waals surface area contributed by atoms with Gasteiger partial charge in [-0.05, 0) is 163 Å². The van der Waals surface area contributed by atoms with Crippen LogP contribution in [0.1, 0.15) is 116 Å². The quantitative estimate of drug-likeness (QED) is 0.112. The average molecular weight is 1080 g/mol. The van der Waals surface area contributed by atoms with Crippen molar-refractivity contribution in [3.8, 4) is 45.0 Å². The molecule has 0 aliphatic heterocycles. The molecule has 6 heteroatoms. The normalized spacial score (nSPS) is 15.8. The predicted molar refractivity (Wildman–Crippen MR) is 338 cm³/mol. The van der Waals surface area contributed by atoms with Crippen molar-refractivity contribution >= 4 is 26.5 Å². The molecule has 77 heavy (non-hydrogen) atoms. The van der Waals surface area contributed by atoms with E-state index in [-0.39, 0.29) is 0 Å². The van der Waals surface area contributed by atoms with Crippen molar-refractivity contribution in [3.05, 3.63) is 200 Å². The van der Waals surface area contributed by atoms with Crippen LogP contribution in [0.25, 0.3) is 45.0 Å². The second-order valence-electron chi connectivity index (χ2n) is 24.0. The van der Waals surface area contributed by atoms with E-state index in [1.807, 2.05) is 108 Å². The third kappa shape index (κ3) is 16.5. The molecular weight excluding hydrogens is 965 g/mol. The van der Waals surface area contributed by atoms with E-state index >= 15 is 0 Å². The third-order valence-corrected chi connectivity index (χ3v) is 17.8. The number of nitrogens with zero attached hydrogens (tertiary/aromatic N) is 4. The summed E-state index contributed by atoms with van der Waals surface area (Å²) in [5.41, 5.74) is 16.8. The Bertz CT molecular complexity index is 3930. The first-order chi connectivity index (χ1) is 42.5. The van der Waals surface area contributed by atoms with Crippen molar-refractivity contribution in [2.24, 2.45) is 33.6 Å². The Morgan fingerprint density at radius 3 is 1.10 bits per heavy atom. The van der Waals surface area contributed by atoms with Gasteiger partial charge in [-0.2, -0.15) is 0 Å². The largest absolute Gasteiger partial charge is 0.212 e. The molecule has 0 aliphatic rings. The maximum Gasteiger partial charge on any atom is 0.212 e. The number of hydrogen-bond donors (Lipinski definition) is 0. The molecular formula is C71H98N4Si2+4. The van der Waals surface area contributed by atoms with Crippen molar-refractivity contribution in [3.63, 3.8) is 0 Å². The fourth-order valence-electron chi connectivity index (χ4n) is 9.59. The standard InChI is InChI=1S/C22H34NSi.C18H26NSi.C16H20N.C15H18N/c1-16-10-11-19(17(2)12-16)20-13-18(14-22(3,4)5)21(15-23(20)6)24(7,8)9;1-13-8-9-16(14(2)10-13)17-11-15(3)18(12-19(17)4)20(5,6)7;1-11-6-7-15(13(3)8-11)16-9-12(2)14(4)10-17(16)5;1-11-5-6-14(13(3)9-11)15-10-12(2)7-8-16(15)4/h10-13,15H,14H2,1-9H3;8-12H,1-7H3;6-10H,1-5H3;5-10H,1-4H3/q4*+1/i1D3,14D2;1D3;1D3,4D3;1D3. The Morgan fingerprint density at radius 2 is 0.740 bits per heavy atom. The van der Waals surface area contributed by atoms with Crippen molar-refractivity contribution in [1.82, 2.24) is 0 Å². The molecule has 0 unspecified atom stereocenters. The molecule has 0 atom stereocenters. The van der Waals surface area contributed by atoms with E-state index in [9.17, 15) is 0 Å². The van der Waals surface area contributed by atoms with Crippen LogP contribution in [0.2, 0.25) is 39.3 Å². The van der Waals surface area contributed by atoms with Crippen LogP contribution in [0, 0.1) is 88.1 Å². The van der Waals surface area contributed by atoms with Crippen molar-refractivity contribution in [2.45, 2.75) is 149 Å². The summed E-state index contributed by atoms with van der Waals surface area (Å²) in [5.74, 6) is 0. The molecule has 4 aromatic heterocycles.